The van der Waals surface area contributed by atoms with Crippen LogP contribution in [0.2, 0.25) is 0 Å². The van der Waals surface area contributed by atoms with E-state index in [1.807, 2.05) is 12.1 Å². The lowest BCUT2D eigenvalue weighted by molar-refractivity contribution is 0.468. The van der Waals surface area contributed by atoms with Crippen LogP contribution in [-0.4, -0.2) is 29.6 Å². The summed E-state index contributed by atoms with van der Waals surface area (Å²) in [6, 6.07) is 6.84. The molecule has 1 fully saturated rings. The number of benzene rings is 1. The minimum atomic E-state index is -0.203. The Balaban J connectivity index is 1.76. The Morgan fingerprint density at radius 3 is 2.79 bits per heavy atom. The van der Waals surface area contributed by atoms with E-state index in [1.165, 1.54) is 12.1 Å². The highest BCUT2D eigenvalue weighted by molar-refractivity contribution is 5.37. The number of hydrogen-bond acceptors (Lipinski definition) is 4. The van der Waals surface area contributed by atoms with E-state index in [0.29, 0.717) is 0 Å². The molecule has 1 unspecified atom stereocenters. The van der Waals surface area contributed by atoms with Gasteiger partial charge in [0.25, 0.3) is 0 Å². The van der Waals surface area contributed by atoms with Crippen molar-refractivity contribution < 1.29 is 4.39 Å². The first-order valence-electron chi connectivity index (χ1n) is 6.33. The molecule has 3 rings (SSSR count). The van der Waals surface area contributed by atoms with Crippen LogP contribution in [0.15, 0.2) is 42.9 Å². The number of halogens is 1. The van der Waals surface area contributed by atoms with Crippen LogP contribution in [0.5, 0.6) is 0 Å². The van der Waals surface area contributed by atoms with Crippen LogP contribution in [0.1, 0.15) is 11.6 Å². The van der Waals surface area contributed by atoms with Crippen molar-refractivity contribution >= 4 is 5.82 Å². The molecular weight excluding hydrogens is 243 g/mol. The van der Waals surface area contributed by atoms with Gasteiger partial charge in [0.2, 0.25) is 0 Å². The fraction of sp³-hybridized carbons (Fsp3) is 0.286. The summed E-state index contributed by atoms with van der Waals surface area (Å²) in [5.74, 6) is 0.682. The van der Waals surface area contributed by atoms with Gasteiger partial charge in [-0.05, 0) is 17.7 Å². The van der Waals surface area contributed by atoms with E-state index in [-0.39, 0.29) is 11.9 Å². The smallest absolute Gasteiger partial charge is 0.147 e. The van der Waals surface area contributed by atoms with Crippen LogP contribution in [-0.2, 0) is 0 Å². The third-order valence-electron chi connectivity index (χ3n) is 3.32. The first-order valence-corrected chi connectivity index (χ1v) is 6.33. The van der Waals surface area contributed by atoms with Gasteiger partial charge >= 0.3 is 0 Å². The monoisotopic (exact) mass is 258 g/mol. The molecule has 19 heavy (non-hydrogen) atoms. The Bertz CT molecular complexity index is 529. The fourth-order valence-electron chi connectivity index (χ4n) is 2.33. The number of aromatic nitrogens is 2. The van der Waals surface area contributed by atoms with Gasteiger partial charge in [-0.15, -0.1) is 0 Å². The number of anilines is 1. The molecule has 1 aromatic carbocycles. The standard InChI is InChI=1S/C14H15FN4/c15-12-3-1-11(2-4-12)13-10-19(8-7-17-13)14-9-16-5-6-18-14/h1-6,9,13,17H,7-8,10H2. The summed E-state index contributed by atoms with van der Waals surface area (Å²) in [4.78, 5) is 10.6. The van der Waals surface area contributed by atoms with Crippen LogP contribution in [0.25, 0.3) is 0 Å². The first-order chi connectivity index (χ1) is 9.33. The predicted octanol–water partition coefficient (Wildman–Crippen LogP) is 1.77. The van der Waals surface area contributed by atoms with Gasteiger partial charge in [0.15, 0.2) is 0 Å². The molecule has 4 nitrogen and oxygen atoms in total. The SMILES string of the molecule is Fc1ccc(C2CN(c3cnccn3)CCN2)cc1. The summed E-state index contributed by atoms with van der Waals surface area (Å²) >= 11 is 0. The maximum Gasteiger partial charge on any atom is 0.147 e. The summed E-state index contributed by atoms with van der Waals surface area (Å²) in [6.07, 6.45) is 5.14. The van der Waals surface area contributed by atoms with Crippen molar-refractivity contribution in [2.75, 3.05) is 24.5 Å². The van der Waals surface area contributed by atoms with Crippen LogP contribution in [0, 0.1) is 5.82 Å². The van der Waals surface area contributed by atoms with Crippen molar-refractivity contribution in [3.8, 4) is 0 Å². The minimum absolute atomic E-state index is 0.191. The Hall–Kier alpha value is -2.01. The van der Waals surface area contributed by atoms with Gasteiger partial charge in [-0.3, -0.25) is 4.98 Å². The maximum atomic E-state index is 12.9. The van der Waals surface area contributed by atoms with Crippen molar-refractivity contribution in [2.24, 2.45) is 0 Å². The average Bonchev–Trinajstić information content (AvgIpc) is 2.49. The van der Waals surface area contributed by atoms with E-state index >= 15 is 0 Å². The summed E-state index contributed by atoms with van der Waals surface area (Å²) < 4.78 is 12.9. The largest absolute Gasteiger partial charge is 0.352 e. The van der Waals surface area contributed by atoms with E-state index < -0.39 is 0 Å². The molecule has 2 heterocycles. The van der Waals surface area contributed by atoms with Gasteiger partial charge in [0.1, 0.15) is 11.6 Å². The Kier molecular flexibility index (Phi) is 3.37. The molecule has 0 aliphatic carbocycles. The zero-order valence-corrected chi connectivity index (χ0v) is 10.5. The van der Waals surface area contributed by atoms with E-state index in [9.17, 15) is 4.39 Å². The molecule has 2 aromatic rings. The van der Waals surface area contributed by atoms with Gasteiger partial charge in [0, 0.05) is 38.1 Å². The molecule has 1 atom stereocenters. The lowest BCUT2D eigenvalue weighted by Crippen LogP contribution is -2.46. The summed E-state index contributed by atoms with van der Waals surface area (Å²) in [7, 11) is 0. The number of rotatable bonds is 2. The number of nitrogens with one attached hydrogen (secondary N) is 1. The second kappa shape index (κ2) is 5.32. The van der Waals surface area contributed by atoms with Crippen LogP contribution >= 0.6 is 0 Å². The lowest BCUT2D eigenvalue weighted by atomic mass is 10.0. The minimum Gasteiger partial charge on any atom is -0.352 e. The Morgan fingerprint density at radius 1 is 1.21 bits per heavy atom. The van der Waals surface area contributed by atoms with E-state index in [4.69, 9.17) is 0 Å². The van der Waals surface area contributed by atoms with Gasteiger partial charge in [0.05, 0.1) is 6.20 Å². The molecule has 98 valence electrons. The second-order valence-electron chi connectivity index (χ2n) is 4.57. The third kappa shape index (κ3) is 2.71. The molecule has 1 aromatic heterocycles. The number of piperazine rings is 1. The van der Waals surface area contributed by atoms with E-state index in [0.717, 1.165) is 31.0 Å². The average molecular weight is 258 g/mol. The highest BCUT2D eigenvalue weighted by Gasteiger charge is 2.21. The van der Waals surface area contributed by atoms with Crippen molar-refractivity contribution in [3.63, 3.8) is 0 Å². The first kappa shape index (κ1) is 12.0. The fourth-order valence-corrected chi connectivity index (χ4v) is 2.33. The molecule has 1 N–H and O–H groups in total. The zero-order chi connectivity index (χ0) is 13.1. The summed E-state index contributed by atoms with van der Waals surface area (Å²) in [5, 5.41) is 3.44. The Labute approximate surface area is 111 Å². The summed E-state index contributed by atoms with van der Waals surface area (Å²) in [6.45, 7) is 2.58. The normalized spacial score (nSPS) is 19.4. The van der Waals surface area contributed by atoms with E-state index in [2.05, 4.69) is 20.2 Å². The number of hydrogen-bond donors (Lipinski definition) is 1. The molecular formula is C14H15FN4. The highest BCUT2D eigenvalue weighted by Crippen LogP contribution is 2.20. The zero-order valence-electron chi connectivity index (χ0n) is 10.5. The number of nitrogens with zero attached hydrogens (tertiary/aromatic N) is 3. The van der Waals surface area contributed by atoms with Gasteiger partial charge in [-0.25, -0.2) is 9.37 Å². The molecule has 1 aliphatic rings. The van der Waals surface area contributed by atoms with Gasteiger partial charge in [-0.2, -0.15) is 0 Å². The van der Waals surface area contributed by atoms with E-state index in [1.54, 1.807) is 18.6 Å². The summed E-state index contributed by atoms with van der Waals surface area (Å²) in [5.41, 5.74) is 1.09. The molecule has 5 heteroatoms. The maximum absolute atomic E-state index is 12.9. The molecule has 0 amide bonds. The molecule has 1 saturated heterocycles. The van der Waals surface area contributed by atoms with Crippen molar-refractivity contribution in [1.82, 2.24) is 15.3 Å². The van der Waals surface area contributed by atoms with Crippen molar-refractivity contribution in [3.05, 3.63) is 54.2 Å². The quantitative estimate of drug-likeness (QED) is 0.891. The predicted molar refractivity (Wildman–Crippen MR) is 71.4 cm³/mol. The molecule has 0 bridgehead atoms. The molecule has 1 aliphatic heterocycles. The molecule has 0 spiro atoms. The Morgan fingerprint density at radius 2 is 2.05 bits per heavy atom. The van der Waals surface area contributed by atoms with Gasteiger partial charge in [-0.1, -0.05) is 12.1 Å². The third-order valence-corrected chi connectivity index (χ3v) is 3.32. The van der Waals surface area contributed by atoms with Crippen molar-refractivity contribution in [2.45, 2.75) is 6.04 Å². The molecule has 0 radical (unpaired) electrons. The lowest BCUT2D eigenvalue weighted by Gasteiger charge is -2.34. The van der Waals surface area contributed by atoms with Crippen LogP contribution < -0.4 is 10.2 Å². The topological polar surface area (TPSA) is 41.1 Å². The molecule has 0 saturated carbocycles. The van der Waals surface area contributed by atoms with Crippen LogP contribution in [0.3, 0.4) is 0 Å². The van der Waals surface area contributed by atoms with Gasteiger partial charge < -0.3 is 10.2 Å². The second-order valence-corrected chi connectivity index (χ2v) is 4.57. The van der Waals surface area contributed by atoms with Crippen LogP contribution in [0.4, 0.5) is 10.2 Å². The highest BCUT2D eigenvalue weighted by atomic mass is 19.1. The van der Waals surface area contributed by atoms with Crippen molar-refractivity contribution in [1.29, 1.82) is 0 Å².